The first-order valence-electron chi connectivity index (χ1n) is 9.18. The molecule has 152 valence electrons. The Morgan fingerprint density at radius 1 is 1.00 bits per heavy atom. The molecule has 2 heterocycles. The van der Waals surface area contributed by atoms with E-state index in [1.165, 1.54) is 6.20 Å². The van der Waals surface area contributed by atoms with Crippen LogP contribution >= 0.6 is 11.6 Å². The second-order valence-electron chi connectivity index (χ2n) is 6.79. The number of nitrogens with one attached hydrogen (secondary N) is 1. The highest BCUT2D eigenvalue weighted by Gasteiger charge is 2.22. The highest BCUT2D eigenvalue weighted by Crippen LogP contribution is 2.28. The number of anilines is 1. The van der Waals surface area contributed by atoms with Gasteiger partial charge in [-0.1, -0.05) is 48.0 Å². The van der Waals surface area contributed by atoms with Crippen molar-refractivity contribution in [2.45, 2.75) is 17.2 Å². The lowest BCUT2D eigenvalue weighted by atomic mass is 10.2. The number of carbonyl (C=O) groups excluding carboxylic acids is 1. The van der Waals surface area contributed by atoms with E-state index >= 15 is 0 Å². The van der Waals surface area contributed by atoms with Crippen LogP contribution in [0.4, 0.5) is 5.82 Å². The molecule has 0 fully saturated rings. The average molecular weight is 440 g/mol. The Balaban J connectivity index is 1.65. The molecule has 30 heavy (non-hydrogen) atoms. The highest BCUT2D eigenvalue weighted by molar-refractivity contribution is 7.90. The SMILES string of the molecule is O=C(Cn1cc(S(=O)(=O)Cc2ccc(Cl)cc2)c2ccccc21)Nc1ccccn1. The van der Waals surface area contributed by atoms with Crippen LogP contribution in [-0.4, -0.2) is 23.9 Å². The quantitative estimate of drug-likeness (QED) is 0.485. The Bertz CT molecular complexity index is 1300. The van der Waals surface area contributed by atoms with Crippen molar-refractivity contribution >= 4 is 44.1 Å². The smallest absolute Gasteiger partial charge is 0.245 e. The topological polar surface area (TPSA) is 81.1 Å². The van der Waals surface area contributed by atoms with Gasteiger partial charge in [0.1, 0.15) is 12.4 Å². The number of pyridine rings is 1. The van der Waals surface area contributed by atoms with Crippen LogP contribution in [-0.2, 0) is 26.9 Å². The maximum Gasteiger partial charge on any atom is 0.245 e. The lowest BCUT2D eigenvalue weighted by molar-refractivity contribution is -0.116. The molecule has 0 aliphatic rings. The van der Waals surface area contributed by atoms with Gasteiger partial charge in [-0.25, -0.2) is 13.4 Å². The summed E-state index contributed by atoms with van der Waals surface area (Å²) >= 11 is 5.89. The number of aromatic nitrogens is 2. The third-order valence-corrected chi connectivity index (χ3v) is 6.56. The summed E-state index contributed by atoms with van der Waals surface area (Å²) < 4.78 is 27.9. The summed E-state index contributed by atoms with van der Waals surface area (Å²) in [5, 5.41) is 3.84. The first kappa shape index (κ1) is 20.1. The summed E-state index contributed by atoms with van der Waals surface area (Å²) in [5.74, 6) is -0.0103. The van der Waals surface area contributed by atoms with Gasteiger partial charge in [0.15, 0.2) is 9.84 Å². The van der Waals surface area contributed by atoms with Crippen molar-refractivity contribution in [3.8, 4) is 0 Å². The molecule has 0 saturated carbocycles. The van der Waals surface area contributed by atoms with Gasteiger partial charge in [0.2, 0.25) is 5.91 Å². The van der Waals surface area contributed by atoms with Gasteiger partial charge in [-0.15, -0.1) is 0 Å². The van der Waals surface area contributed by atoms with Crippen molar-refractivity contribution in [3.63, 3.8) is 0 Å². The van der Waals surface area contributed by atoms with E-state index in [1.807, 2.05) is 6.07 Å². The molecule has 0 unspecified atom stereocenters. The number of hydrogen-bond donors (Lipinski definition) is 1. The zero-order valence-electron chi connectivity index (χ0n) is 15.8. The number of hydrogen-bond acceptors (Lipinski definition) is 4. The second kappa shape index (κ2) is 8.30. The van der Waals surface area contributed by atoms with Crippen molar-refractivity contribution in [1.29, 1.82) is 0 Å². The standard InChI is InChI=1S/C22H18ClN3O3S/c23-17-10-8-16(9-11-17)15-30(28,29)20-13-26(19-6-2-1-5-18(19)20)14-22(27)25-21-7-3-4-12-24-21/h1-13H,14-15H2,(H,24,25,27). The molecule has 1 amide bonds. The van der Waals surface area contributed by atoms with Crippen molar-refractivity contribution in [1.82, 2.24) is 9.55 Å². The lowest BCUT2D eigenvalue weighted by Crippen LogP contribution is -2.18. The van der Waals surface area contributed by atoms with E-state index in [4.69, 9.17) is 11.6 Å². The van der Waals surface area contributed by atoms with Gasteiger partial charge >= 0.3 is 0 Å². The van der Waals surface area contributed by atoms with Crippen LogP contribution in [0.1, 0.15) is 5.56 Å². The van der Waals surface area contributed by atoms with E-state index in [9.17, 15) is 13.2 Å². The fourth-order valence-electron chi connectivity index (χ4n) is 3.24. The fraction of sp³-hybridized carbons (Fsp3) is 0.0909. The molecule has 0 saturated heterocycles. The number of amides is 1. The van der Waals surface area contributed by atoms with Crippen LogP contribution in [0.5, 0.6) is 0 Å². The van der Waals surface area contributed by atoms with Crippen molar-refractivity contribution in [2.75, 3.05) is 5.32 Å². The maximum atomic E-state index is 13.1. The summed E-state index contributed by atoms with van der Waals surface area (Å²) in [6.45, 7) is -0.0342. The number of halogens is 1. The monoisotopic (exact) mass is 439 g/mol. The average Bonchev–Trinajstić information content (AvgIpc) is 3.10. The molecular weight excluding hydrogens is 422 g/mol. The molecule has 2 aromatic carbocycles. The first-order chi connectivity index (χ1) is 14.4. The number of benzene rings is 2. The minimum atomic E-state index is -3.63. The summed E-state index contributed by atoms with van der Waals surface area (Å²) in [5.41, 5.74) is 1.31. The van der Waals surface area contributed by atoms with Crippen molar-refractivity contribution in [3.05, 3.63) is 89.7 Å². The van der Waals surface area contributed by atoms with E-state index in [0.717, 1.165) is 0 Å². The number of rotatable bonds is 6. The van der Waals surface area contributed by atoms with Gasteiger partial charge in [-0.05, 0) is 35.9 Å². The Kier molecular flexibility index (Phi) is 5.57. The Morgan fingerprint density at radius 2 is 1.73 bits per heavy atom. The predicted molar refractivity (Wildman–Crippen MR) is 117 cm³/mol. The summed E-state index contributed by atoms with van der Waals surface area (Å²) in [6.07, 6.45) is 3.11. The molecule has 0 aliphatic heterocycles. The molecule has 8 heteroatoms. The van der Waals surface area contributed by atoms with Gasteiger partial charge in [0, 0.05) is 28.3 Å². The summed E-state index contributed by atoms with van der Waals surface area (Å²) in [6, 6.07) is 19.1. The Morgan fingerprint density at radius 3 is 2.47 bits per heavy atom. The van der Waals surface area contributed by atoms with Gasteiger partial charge in [0.05, 0.1) is 10.6 Å². The molecule has 4 aromatic rings. The molecule has 0 atom stereocenters. The summed E-state index contributed by atoms with van der Waals surface area (Å²) in [4.78, 5) is 16.7. The van der Waals surface area contributed by atoms with Crippen LogP contribution in [0.25, 0.3) is 10.9 Å². The third kappa shape index (κ3) is 4.37. The van der Waals surface area contributed by atoms with Gasteiger partial charge in [-0.2, -0.15) is 0 Å². The molecular formula is C22H18ClN3O3S. The Labute approximate surface area is 179 Å². The zero-order chi connectivity index (χ0) is 21.1. The minimum absolute atomic E-state index is 0.0342. The maximum absolute atomic E-state index is 13.1. The number of carbonyl (C=O) groups is 1. The molecule has 1 N–H and O–H groups in total. The fourth-order valence-corrected chi connectivity index (χ4v) is 4.95. The third-order valence-electron chi connectivity index (χ3n) is 4.60. The molecule has 4 rings (SSSR count). The van der Waals surface area contributed by atoms with Gasteiger partial charge in [-0.3, -0.25) is 4.79 Å². The number of para-hydroxylation sites is 1. The van der Waals surface area contributed by atoms with Crippen LogP contribution in [0.2, 0.25) is 5.02 Å². The molecule has 0 aliphatic carbocycles. The van der Waals surface area contributed by atoms with Crippen LogP contribution < -0.4 is 5.32 Å². The molecule has 0 radical (unpaired) electrons. The second-order valence-corrected chi connectivity index (χ2v) is 9.18. The van der Waals surface area contributed by atoms with Crippen molar-refractivity contribution in [2.24, 2.45) is 0 Å². The first-order valence-corrected chi connectivity index (χ1v) is 11.2. The lowest BCUT2D eigenvalue weighted by Gasteiger charge is -2.06. The predicted octanol–water partition coefficient (Wildman–Crippen LogP) is 4.30. The summed E-state index contributed by atoms with van der Waals surface area (Å²) in [7, 11) is -3.63. The van der Waals surface area contributed by atoms with E-state index in [-0.39, 0.29) is 23.1 Å². The van der Waals surface area contributed by atoms with Crippen LogP contribution in [0.3, 0.4) is 0 Å². The van der Waals surface area contributed by atoms with Gasteiger partial charge < -0.3 is 9.88 Å². The molecule has 6 nitrogen and oxygen atoms in total. The largest absolute Gasteiger partial charge is 0.337 e. The zero-order valence-corrected chi connectivity index (χ0v) is 17.4. The number of sulfone groups is 1. The van der Waals surface area contributed by atoms with E-state index in [0.29, 0.717) is 27.3 Å². The number of fused-ring (bicyclic) bond motifs is 1. The molecule has 2 aromatic heterocycles. The van der Waals surface area contributed by atoms with E-state index in [1.54, 1.807) is 71.4 Å². The van der Waals surface area contributed by atoms with Crippen molar-refractivity contribution < 1.29 is 13.2 Å². The van der Waals surface area contributed by atoms with E-state index in [2.05, 4.69) is 10.3 Å². The molecule has 0 bridgehead atoms. The minimum Gasteiger partial charge on any atom is -0.337 e. The van der Waals surface area contributed by atoms with E-state index < -0.39 is 9.84 Å². The molecule has 0 spiro atoms. The number of nitrogens with zero attached hydrogens (tertiary/aromatic N) is 2. The highest BCUT2D eigenvalue weighted by atomic mass is 35.5. The normalized spacial score (nSPS) is 11.5. The van der Waals surface area contributed by atoms with Crippen LogP contribution in [0.15, 0.2) is 84.0 Å². The van der Waals surface area contributed by atoms with Gasteiger partial charge in [0.25, 0.3) is 0 Å². The van der Waals surface area contributed by atoms with Crippen LogP contribution in [0, 0.1) is 0 Å². The Hall–Kier alpha value is -3.16.